The zero-order valence-electron chi connectivity index (χ0n) is 8.66. The predicted octanol–water partition coefficient (Wildman–Crippen LogP) is 2.03. The van der Waals surface area contributed by atoms with Gasteiger partial charge in [0.05, 0.1) is 18.9 Å². The molecule has 0 radical (unpaired) electrons. The van der Waals surface area contributed by atoms with Crippen LogP contribution in [0.1, 0.15) is 6.42 Å². The Morgan fingerprint density at radius 1 is 1.38 bits per heavy atom. The Kier molecular flexibility index (Phi) is 3.51. The van der Waals surface area contributed by atoms with Gasteiger partial charge in [-0.25, -0.2) is 0 Å². The highest BCUT2D eigenvalue weighted by molar-refractivity contribution is 6.29. The molecule has 1 aliphatic rings. The molecule has 0 bridgehead atoms. The van der Waals surface area contributed by atoms with E-state index in [2.05, 4.69) is 5.32 Å². The lowest BCUT2D eigenvalue weighted by atomic mass is 10.2. The Hall–Kier alpha value is -1.42. The van der Waals surface area contributed by atoms with Gasteiger partial charge in [-0.05, 0) is 12.1 Å². The van der Waals surface area contributed by atoms with E-state index in [0.717, 1.165) is 6.42 Å². The van der Waals surface area contributed by atoms with Crippen molar-refractivity contribution in [2.75, 3.05) is 24.4 Å². The van der Waals surface area contributed by atoms with Crippen molar-refractivity contribution < 1.29 is 14.3 Å². The van der Waals surface area contributed by atoms with Gasteiger partial charge in [-0.15, -0.1) is 11.6 Å². The average Bonchev–Trinajstić information content (AvgIpc) is 2.54. The van der Waals surface area contributed by atoms with Gasteiger partial charge in [-0.1, -0.05) is 6.07 Å². The van der Waals surface area contributed by atoms with Crippen LogP contribution in [0.3, 0.4) is 0 Å². The number of hydrogen-bond donors (Lipinski definition) is 1. The second kappa shape index (κ2) is 5.07. The van der Waals surface area contributed by atoms with Crippen LogP contribution in [0, 0.1) is 0 Å². The quantitative estimate of drug-likeness (QED) is 0.806. The summed E-state index contributed by atoms with van der Waals surface area (Å²) in [6, 6.07) is 5.38. The molecule has 0 fully saturated rings. The molecule has 1 aromatic carbocycles. The summed E-state index contributed by atoms with van der Waals surface area (Å²) >= 11 is 5.43. The lowest BCUT2D eigenvalue weighted by Crippen LogP contribution is -2.13. The number of hydrogen-bond acceptors (Lipinski definition) is 3. The molecule has 86 valence electrons. The van der Waals surface area contributed by atoms with E-state index in [1.807, 2.05) is 6.07 Å². The highest BCUT2D eigenvalue weighted by Crippen LogP contribution is 2.36. The Morgan fingerprint density at radius 2 is 2.19 bits per heavy atom. The third-order valence-electron chi connectivity index (χ3n) is 2.17. The molecule has 0 spiro atoms. The highest BCUT2D eigenvalue weighted by Gasteiger charge is 2.15. The second-order valence-electron chi connectivity index (χ2n) is 3.37. The molecule has 0 unspecified atom stereocenters. The molecule has 4 nitrogen and oxygen atoms in total. The number of fused-ring (bicyclic) bond motifs is 1. The first kappa shape index (κ1) is 11.1. The van der Waals surface area contributed by atoms with E-state index < -0.39 is 0 Å². The number of carbonyl (C=O) groups excluding carboxylic acids is 1. The number of rotatable bonds is 2. The predicted molar refractivity (Wildman–Crippen MR) is 61.4 cm³/mol. The van der Waals surface area contributed by atoms with Crippen LogP contribution in [-0.4, -0.2) is 25.0 Å². The number of alkyl halides is 1. The number of carbonyl (C=O) groups is 1. The standard InChI is InChI=1S/C11H12ClNO3/c12-7-10(14)13-8-3-1-4-9-11(8)16-6-2-5-15-9/h1,3-4H,2,5-7H2,(H,13,14). The first-order valence-electron chi connectivity index (χ1n) is 5.05. The van der Waals surface area contributed by atoms with Crippen LogP contribution in [0.15, 0.2) is 18.2 Å². The van der Waals surface area contributed by atoms with Crippen molar-refractivity contribution in [2.24, 2.45) is 0 Å². The summed E-state index contributed by atoms with van der Waals surface area (Å²) in [7, 11) is 0. The van der Waals surface area contributed by atoms with Crippen molar-refractivity contribution in [3.63, 3.8) is 0 Å². The highest BCUT2D eigenvalue weighted by atomic mass is 35.5. The van der Waals surface area contributed by atoms with Crippen LogP contribution < -0.4 is 14.8 Å². The largest absolute Gasteiger partial charge is 0.489 e. The summed E-state index contributed by atoms with van der Waals surface area (Å²) in [4.78, 5) is 11.2. The number of ether oxygens (including phenoxy) is 2. The SMILES string of the molecule is O=C(CCl)Nc1cccc2c1OCCCO2. The van der Waals surface area contributed by atoms with Crippen molar-refractivity contribution in [1.82, 2.24) is 0 Å². The van der Waals surface area contributed by atoms with Crippen LogP contribution in [0.4, 0.5) is 5.69 Å². The molecule has 0 saturated carbocycles. The topological polar surface area (TPSA) is 47.6 Å². The lowest BCUT2D eigenvalue weighted by Gasteiger charge is -2.12. The van der Waals surface area contributed by atoms with Crippen molar-refractivity contribution in [3.8, 4) is 11.5 Å². The fourth-order valence-electron chi connectivity index (χ4n) is 1.48. The normalized spacial score (nSPS) is 14.1. The minimum absolute atomic E-state index is 0.0788. The number of anilines is 1. The molecule has 5 heteroatoms. The minimum Gasteiger partial charge on any atom is -0.489 e. The monoisotopic (exact) mass is 241 g/mol. The van der Waals surface area contributed by atoms with Crippen LogP contribution in [-0.2, 0) is 4.79 Å². The molecular formula is C11H12ClNO3. The molecule has 0 saturated heterocycles. The van der Waals surface area contributed by atoms with E-state index in [4.69, 9.17) is 21.1 Å². The molecule has 16 heavy (non-hydrogen) atoms. The van der Waals surface area contributed by atoms with Crippen molar-refractivity contribution in [1.29, 1.82) is 0 Å². The van der Waals surface area contributed by atoms with E-state index in [1.54, 1.807) is 12.1 Å². The molecular weight excluding hydrogens is 230 g/mol. The van der Waals surface area contributed by atoms with Gasteiger partial charge in [-0.2, -0.15) is 0 Å². The summed E-state index contributed by atoms with van der Waals surface area (Å²) in [6.45, 7) is 1.21. The average molecular weight is 242 g/mol. The summed E-state index contributed by atoms with van der Waals surface area (Å²) < 4.78 is 11.0. The molecule has 0 aliphatic carbocycles. The maximum Gasteiger partial charge on any atom is 0.239 e. The van der Waals surface area contributed by atoms with Gasteiger partial charge >= 0.3 is 0 Å². The first-order valence-corrected chi connectivity index (χ1v) is 5.59. The van der Waals surface area contributed by atoms with E-state index in [1.165, 1.54) is 0 Å². The van der Waals surface area contributed by atoms with Gasteiger partial charge in [-0.3, -0.25) is 4.79 Å². The maximum atomic E-state index is 11.2. The van der Waals surface area contributed by atoms with Gasteiger partial charge < -0.3 is 14.8 Å². The maximum absolute atomic E-state index is 11.2. The van der Waals surface area contributed by atoms with Gasteiger partial charge in [0.1, 0.15) is 5.88 Å². The van der Waals surface area contributed by atoms with E-state index in [0.29, 0.717) is 30.4 Å². The molecule has 2 rings (SSSR count). The van der Waals surface area contributed by atoms with Crippen LogP contribution >= 0.6 is 11.6 Å². The lowest BCUT2D eigenvalue weighted by molar-refractivity contribution is -0.113. The van der Waals surface area contributed by atoms with Gasteiger partial charge in [0, 0.05) is 6.42 Å². The Morgan fingerprint density at radius 3 is 3.00 bits per heavy atom. The first-order chi connectivity index (χ1) is 7.81. The number of para-hydroxylation sites is 1. The van der Waals surface area contributed by atoms with E-state index in [9.17, 15) is 4.79 Å². The fraction of sp³-hybridized carbons (Fsp3) is 0.364. The van der Waals surface area contributed by atoms with Gasteiger partial charge in [0.15, 0.2) is 11.5 Å². The van der Waals surface area contributed by atoms with Crippen LogP contribution in [0.25, 0.3) is 0 Å². The van der Waals surface area contributed by atoms with Gasteiger partial charge in [0.25, 0.3) is 0 Å². The molecule has 1 N–H and O–H groups in total. The van der Waals surface area contributed by atoms with Crippen LogP contribution in [0.2, 0.25) is 0 Å². The molecule has 0 atom stereocenters. The summed E-state index contributed by atoms with van der Waals surface area (Å²) in [5.74, 6) is 0.899. The number of nitrogens with one attached hydrogen (secondary N) is 1. The Bertz CT molecular complexity index is 395. The number of amides is 1. The second-order valence-corrected chi connectivity index (χ2v) is 3.63. The smallest absolute Gasteiger partial charge is 0.239 e. The third kappa shape index (κ3) is 2.39. The fourth-order valence-corrected chi connectivity index (χ4v) is 1.54. The van der Waals surface area contributed by atoms with Gasteiger partial charge in [0.2, 0.25) is 5.91 Å². The van der Waals surface area contributed by atoms with E-state index in [-0.39, 0.29) is 11.8 Å². The number of halogens is 1. The van der Waals surface area contributed by atoms with Crippen LogP contribution in [0.5, 0.6) is 11.5 Å². The molecule has 1 aliphatic heterocycles. The summed E-state index contributed by atoms with van der Waals surface area (Å²) in [5.41, 5.74) is 0.602. The number of benzene rings is 1. The summed E-state index contributed by atoms with van der Waals surface area (Å²) in [5, 5.41) is 2.67. The van der Waals surface area contributed by atoms with E-state index >= 15 is 0 Å². The molecule has 1 aromatic rings. The van der Waals surface area contributed by atoms with Crippen molar-refractivity contribution in [3.05, 3.63) is 18.2 Å². The van der Waals surface area contributed by atoms with Crippen molar-refractivity contribution >= 4 is 23.2 Å². The zero-order chi connectivity index (χ0) is 11.4. The molecule has 1 heterocycles. The van der Waals surface area contributed by atoms with Crippen molar-refractivity contribution in [2.45, 2.75) is 6.42 Å². The molecule has 1 amide bonds. The third-order valence-corrected chi connectivity index (χ3v) is 2.41. The summed E-state index contributed by atoms with van der Waals surface area (Å²) in [6.07, 6.45) is 0.831. The Balaban J connectivity index is 2.27. The zero-order valence-corrected chi connectivity index (χ0v) is 9.42. The minimum atomic E-state index is -0.261. The molecule has 0 aromatic heterocycles. The Labute approximate surface area is 98.5 Å².